The Morgan fingerprint density at radius 1 is 0.957 bits per heavy atom. The summed E-state index contributed by atoms with van der Waals surface area (Å²) in [5.41, 5.74) is 2.40. The third-order valence-electron chi connectivity index (χ3n) is 14.0. The second kappa shape index (κ2) is 22.0. The van der Waals surface area contributed by atoms with Gasteiger partial charge in [0.2, 0.25) is 5.91 Å². The lowest BCUT2D eigenvalue weighted by Gasteiger charge is -2.33. The van der Waals surface area contributed by atoms with E-state index < -0.39 is 24.0 Å². The standard InChI is InChI=1S/C49H62F2N12O6/c1-2-68-44(65)30-60-27-35(12-15-43(60)64)55-48(66)34-9-7-18-59(26-34)37-20-33(23-53-24-37)8-5-3-4-6-17-52-22-32-10-13-36(14-11-32)63-29-41(45(58-63)46(50)51)56-49(67)40-25-54-62-19-16-42(57-47(40)62)61-28-39-21-38(61)31-69-39/h12,15-16,19-20,23-25,27,29,32,34,36,38-39,46,52H,2-11,13-14,17-18,21-22,26,28,30-31H2,1H3,(H,55,66)(H,56,67)/t32?,34-,36?,38+,39+/m0/s1. The summed E-state index contributed by atoms with van der Waals surface area (Å²) in [6.07, 6.45) is 18.7. The summed E-state index contributed by atoms with van der Waals surface area (Å²) in [6, 6.07) is 7.15. The summed E-state index contributed by atoms with van der Waals surface area (Å²) in [7, 11) is 0. The van der Waals surface area contributed by atoms with Gasteiger partial charge in [-0.25, -0.2) is 18.3 Å². The number of aryl methyl sites for hydroxylation is 1. The number of pyridine rings is 2. The first-order valence-corrected chi connectivity index (χ1v) is 24.6. The molecule has 0 aromatic carbocycles. The molecular weight excluding hydrogens is 891 g/mol. The van der Waals surface area contributed by atoms with Crippen molar-refractivity contribution in [3.63, 3.8) is 0 Å². The van der Waals surface area contributed by atoms with E-state index in [1.54, 1.807) is 30.1 Å². The number of fused-ring (bicyclic) bond motifs is 3. The molecule has 0 spiro atoms. The third-order valence-corrected chi connectivity index (χ3v) is 14.0. The van der Waals surface area contributed by atoms with E-state index in [1.807, 2.05) is 18.5 Å². The minimum atomic E-state index is -2.85. The Balaban J connectivity index is 0.668. The number of hydrogen-bond donors (Lipinski definition) is 3. The predicted molar refractivity (Wildman–Crippen MR) is 255 cm³/mol. The molecule has 18 nitrogen and oxygen atoms in total. The minimum Gasteiger partial charge on any atom is -0.465 e. The van der Waals surface area contributed by atoms with Crippen LogP contribution in [-0.4, -0.2) is 110 Å². The average Bonchev–Trinajstić information content (AvgIpc) is 4.19. The van der Waals surface area contributed by atoms with Gasteiger partial charge in [-0.3, -0.25) is 28.8 Å². The number of piperidine rings is 1. The number of alkyl halides is 2. The van der Waals surface area contributed by atoms with Crippen LogP contribution < -0.4 is 31.3 Å². The van der Waals surface area contributed by atoms with Gasteiger partial charge in [-0.05, 0) is 114 Å². The van der Waals surface area contributed by atoms with Gasteiger partial charge in [0.15, 0.2) is 11.3 Å². The van der Waals surface area contributed by atoms with E-state index in [0.717, 1.165) is 115 Å². The number of amides is 2. The fourth-order valence-corrected chi connectivity index (χ4v) is 10.3. The first-order valence-electron chi connectivity index (χ1n) is 24.6. The van der Waals surface area contributed by atoms with E-state index in [-0.39, 0.29) is 60.0 Å². The van der Waals surface area contributed by atoms with Gasteiger partial charge < -0.3 is 39.8 Å². The lowest BCUT2D eigenvalue weighted by molar-refractivity contribution is -0.143. The van der Waals surface area contributed by atoms with E-state index >= 15 is 0 Å². The van der Waals surface area contributed by atoms with Gasteiger partial charge in [0, 0.05) is 50.5 Å². The number of ether oxygens (including phenoxy) is 2. The van der Waals surface area contributed by atoms with Crippen LogP contribution in [0.4, 0.5) is 31.7 Å². The fourth-order valence-electron chi connectivity index (χ4n) is 10.3. The molecule has 1 saturated carbocycles. The van der Waals surface area contributed by atoms with Crippen LogP contribution in [0.5, 0.6) is 0 Å². The number of rotatable bonds is 20. The van der Waals surface area contributed by atoms with Crippen LogP contribution in [0.1, 0.15) is 112 Å². The van der Waals surface area contributed by atoms with Gasteiger partial charge in [0.25, 0.3) is 17.9 Å². The largest absolute Gasteiger partial charge is 0.465 e. The van der Waals surface area contributed by atoms with Crippen LogP contribution in [0.25, 0.3) is 5.65 Å². The number of unbranched alkanes of at least 4 members (excludes halogenated alkanes) is 3. The molecule has 0 radical (unpaired) electrons. The van der Waals surface area contributed by atoms with Crippen LogP contribution in [0.15, 0.2) is 66.2 Å². The maximum Gasteiger partial charge on any atom is 0.326 e. The van der Waals surface area contributed by atoms with Crippen molar-refractivity contribution in [2.45, 2.75) is 115 Å². The lowest BCUT2D eigenvalue weighted by atomic mass is 9.86. The smallest absolute Gasteiger partial charge is 0.326 e. The predicted octanol–water partition coefficient (Wildman–Crippen LogP) is 6.19. The van der Waals surface area contributed by atoms with Crippen molar-refractivity contribution in [3.05, 3.63) is 88.6 Å². The normalized spacial score (nSPS) is 21.3. The van der Waals surface area contributed by atoms with Gasteiger partial charge in [0.05, 0.1) is 66.8 Å². The number of morpholine rings is 1. The Hall–Kier alpha value is -6.28. The Kier molecular flexibility index (Phi) is 15.2. The average molecular weight is 953 g/mol. The van der Waals surface area contributed by atoms with Crippen molar-refractivity contribution in [3.8, 4) is 0 Å². The number of carbonyl (C=O) groups is 3. The van der Waals surface area contributed by atoms with E-state index in [2.05, 4.69) is 47.0 Å². The van der Waals surface area contributed by atoms with E-state index in [0.29, 0.717) is 30.4 Å². The molecule has 1 aliphatic carbocycles. The SMILES string of the molecule is CCOC(=O)Cn1cc(NC(=O)[C@H]2CCCN(c3cncc(CCCCCCNCC4CCC(n5cc(NC(=O)c6cnn7ccc(N8C[C@H]9C[C@@H]8CO9)nc67)c(C(F)F)n5)CC4)c3)C2)ccc1=O. The lowest BCUT2D eigenvalue weighted by Crippen LogP contribution is -2.41. The maximum atomic E-state index is 14.3. The molecule has 2 amide bonds. The molecule has 3 N–H and O–H groups in total. The van der Waals surface area contributed by atoms with Crippen LogP contribution in [0.2, 0.25) is 0 Å². The molecule has 0 unspecified atom stereocenters. The molecular formula is C49H62F2N12O6. The van der Waals surface area contributed by atoms with Crippen molar-refractivity contribution in [2.75, 3.05) is 66.4 Å². The molecule has 3 saturated heterocycles. The van der Waals surface area contributed by atoms with Crippen molar-refractivity contribution < 1.29 is 32.6 Å². The highest BCUT2D eigenvalue weighted by Gasteiger charge is 2.40. The van der Waals surface area contributed by atoms with Crippen molar-refractivity contribution in [2.24, 2.45) is 11.8 Å². The molecule has 9 rings (SSSR count). The quantitative estimate of drug-likeness (QED) is 0.0591. The number of halogens is 2. The molecule has 5 aromatic heterocycles. The maximum absolute atomic E-state index is 14.3. The number of esters is 1. The first kappa shape index (κ1) is 47.8. The molecule has 4 aliphatic rings. The van der Waals surface area contributed by atoms with Gasteiger partial charge in [-0.15, -0.1) is 0 Å². The monoisotopic (exact) mass is 952 g/mol. The topological polar surface area (TPSA) is 195 Å². The zero-order valence-corrected chi connectivity index (χ0v) is 39.1. The van der Waals surface area contributed by atoms with Crippen LogP contribution in [0, 0.1) is 11.8 Å². The summed E-state index contributed by atoms with van der Waals surface area (Å²) >= 11 is 0. The minimum absolute atomic E-state index is 0.0000526. The van der Waals surface area contributed by atoms with E-state index in [1.165, 1.54) is 33.1 Å². The van der Waals surface area contributed by atoms with Gasteiger partial charge in [-0.2, -0.15) is 10.2 Å². The zero-order valence-electron chi connectivity index (χ0n) is 39.1. The van der Waals surface area contributed by atoms with Crippen LogP contribution >= 0.6 is 0 Å². The molecule has 8 heterocycles. The summed E-state index contributed by atoms with van der Waals surface area (Å²) in [5, 5.41) is 17.8. The number of carbonyl (C=O) groups excluding carboxylic acids is 3. The Morgan fingerprint density at radius 3 is 2.61 bits per heavy atom. The second-order valence-corrected chi connectivity index (χ2v) is 18.8. The van der Waals surface area contributed by atoms with Crippen LogP contribution in [0.3, 0.4) is 0 Å². The van der Waals surface area contributed by atoms with Crippen molar-refractivity contribution in [1.82, 2.24) is 39.2 Å². The molecule has 4 fully saturated rings. The van der Waals surface area contributed by atoms with Crippen LogP contribution in [-0.2, 0) is 32.0 Å². The number of hydrogen-bond acceptors (Lipinski definition) is 13. The fraction of sp³-hybridized carbons (Fsp3) is 0.551. The summed E-state index contributed by atoms with van der Waals surface area (Å²) < 4.78 is 43.6. The van der Waals surface area contributed by atoms with Crippen molar-refractivity contribution in [1.29, 1.82) is 0 Å². The number of nitrogens with zero attached hydrogens (tertiary/aromatic N) is 9. The number of aromatic nitrogens is 7. The molecule has 20 heteroatoms. The van der Waals surface area contributed by atoms with Gasteiger partial charge in [0.1, 0.15) is 17.9 Å². The number of anilines is 4. The highest BCUT2D eigenvalue weighted by molar-refractivity contribution is 6.08. The summed E-state index contributed by atoms with van der Waals surface area (Å²) in [6.45, 7) is 6.35. The van der Waals surface area contributed by atoms with Gasteiger partial charge in [-0.1, -0.05) is 12.8 Å². The molecule has 368 valence electrons. The second-order valence-electron chi connectivity index (χ2n) is 18.8. The Labute approximate surface area is 399 Å². The molecule has 2 bridgehead atoms. The Bertz CT molecular complexity index is 2650. The molecule has 5 aromatic rings. The molecule has 3 atom stereocenters. The zero-order chi connectivity index (χ0) is 47.9. The highest BCUT2D eigenvalue weighted by atomic mass is 19.3. The summed E-state index contributed by atoms with van der Waals surface area (Å²) in [5.74, 6) is -0.212. The van der Waals surface area contributed by atoms with Crippen molar-refractivity contribution >= 4 is 46.3 Å². The van der Waals surface area contributed by atoms with Gasteiger partial charge >= 0.3 is 5.97 Å². The Morgan fingerprint density at radius 2 is 1.81 bits per heavy atom. The van der Waals surface area contributed by atoms with E-state index in [9.17, 15) is 28.0 Å². The molecule has 69 heavy (non-hydrogen) atoms. The number of nitrogens with one attached hydrogen (secondary N) is 3. The summed E-state index contributed by atoms with van der Waals surface area (Å²) in [4.78, 5) is 64.7. The van der Waals surface area contributed by atoms with E-state index in [4.69, 9.17) is 14.5 Å². The molecule has 3 aliphatic heterocycles. The first-order chi connectivity index (χ1) is 33.6. The third kappa shape index (κ3) is 11.6. The highest BCUT2D eigenvalue weighted by Crippen LogP contribution is 2.36.